The van der Waals surface area contributed by atoms with Crippen molar-refractivity contribution in [1.29, 1.82) is 0 Å². The van der Waals surface area contributed by atoms with Gasteiger partial charge >= 0.3 is 0 Å². The topological polar surface area (TPSA) is 42.7 Å². The van der Waals surface area contributed by atoms with E-state index in [2.05, 4.69) is 15.6 Å². The van der Waals surface area contributed by atoms with Gasteiger partial charge in [-0.05, 0) is 26.0 Å². The molecular formula is C14H17ClF2N4. The Morgan fingerprint density at radius 2 is 2.05 bits per heavy atom. The molecule has 1 atom stereocenters. The Morgan fingerprint density at radius 1 is 1.33 bits per heavy atom. The summed E-state index contributed by atoms with van der Waals surface area (Å²) in [5.74, 6) is -1.48. The molecule has 4 nitrogen and oxygen atoms in total. The van der Waals surface area contributed by atoms with E-state index in [0.717, 1.165) is 29.9 Å². The van der Waals surface area contributed by atoms with E-state index in [1.54, 1.807) is 0 Å². The molecule has 0 amide bonds. The number of aromatic nitrogens is 3. The molecule has 1 unspecified atom stereocenters. The number of nitrogens with zero attached hydrogens (tertiary/aromatic N) is 3. The normalized spacial score (nSPS) is 12.7. The fraction of sp³-hybridized carbons (Fsp3) is 0.429. The highest BCUT2D eigenvalue weighted by Gasteiger charge is 2.22. The maximum atomic E-state index is 14.1. The summed E-state index contributed by atoms with van der Waals surface area (Å²) in [5.41, 5.74) is 1.53. The van der Waals surface area contributed by atoms with Crippen LogP contribution < -0.4 is 5.32 Å². The lowest BCUT2D eigenvalue weighted by atomic mass is 10.1. The molecule has 0 bridgehead atoms. The third-order valence-corrected chi connectivity index (χ3v) is 3.70. The van der Waals surface area contributed by atoms with Gasteiger partial charge in [0.15, 0.2) is 5.82 Å². The molecule has 2 rings (SSSR count). The van der Waals surface area contributed by atoms with Crippen molar-refractivity contribution in [3.8, 4) is 5.69 Å². The van der Waals surface area contributed by atoms with Crippen molar-refractivity contribution in [2.24, 2.45) is 0 Å². The molecule has 1 aromatic heterocycles. The van der Waals surface area contributed by atoms with Gasteiger partial charge in [-0.25, -0.2) is 13.5 Å². The van der Waals surface area contributed by atoms with Gasteiger partial charge in [0.1, 0.15) is 17.2 Å². The van der Waals surface area contributed by atoms with Crippen LogP contribution in [0.2, 0.25) is 5.02 Å². The SMILES string of the molecule is CCc1c(C(CC)NC)nnn1-c1c(F)cc(F)cc1Cl. The summed E-state index contributed by atoms with van der Waals surface area (Å²) in [6.45, 7) is 3.95. The largest absolute Gasteiger partial charge is 0.312 e. The number of hydrogen-bond donors (Lipinski definition) is 1. The maximum Gasteiger partial charge on any atom is 0.153 e. The maximum absolute atomic E-state index is 14.1. The van der Waals surface area contributed by atoms with Crippen molar-refractivity contribution < 1.29 is 8.78 Å². The average molecular weight is 315 g/mol. The fourth-order valence-corrected chi connectivity index (χ4v) is 2.64. The van der Waals surface area contributed by atoms with Gasteiger partial charge in [0.2, 0.25) is 0 Å². The highest BCUT2D eigenvalue weighted by Crippen LogP contribution is 2.28. The van der Waals surface area contributed by atoms with Crippen LogP contribution in [0.25, 0.3) is 5.69 Å². The summed E-state index contributed by atoms with van der Waals surface area (Å²) in [6.07, 6.45) is 1.43. The molecule has 1 heterocycles. The second-order valence-electron chi connectivity index (χ2n) is 4.65. The first-order chi connectivity index (χ1) is 10.0. The number of rotatable bonds is 5. The summed E-state index contributed by atoms with van der Waals surface area (Å²) < 4.78 is 28.6. The van der Waals surface area contributed by atoms with Crippen LogP contribution in [0.5, 0.6) is 0 Å². The van der Waals surface area contributed by atoms with Gasteiger partial charge in [-0.1, -0.05) is 30.7 Å². The van der Waals surface area contributed by atoms with Gasteiger partial charge in [-0.2, -0.15) is 0 Å². The van der Waals surface area contributed by atoms with E-state index in [1.165, 1.54) is 4.68 Å². The summed E-state index contributed by atoms with van der Waals surface area (Å²) in [5, 5.41) is 11.3. The van der Waals surface area contributed by atoms with Gasteiger partial charge < -0.3 is 5.32 Å². The first-order valence-electron chi connectivity index (χ1n) is 6.80. The number of nitrogens with one attached hydrogen (secondary N) is 1. The van der Waals surface area contributed by atoms with Crippen LogP contribution in [0.3, 0.4) is 0 Å². The Hall–Kier alpha value is -1.53. The highest BCUT2D eigenvalue weighted by molar-refractivity contribution is 6.32. The quantitative estimate of drug-likeness (QED) is 0.919. The third kappa shape index (κ3) is 2.91. The first kappa shape index (κ1) is 15.9. The molecule has 0 aliphatic rings. The van der Waals surface area contributed by atoms with Crippen LogP contribution in [-0.4, -0.2) is 22.0 Å². The molecule has 0 radical (unpaired) electrons. The smallest absolute Gasteiger partial charge is 0.153 e. The predicted molar refractivity (Wildman–Crippen MR) is 77.8 cm³/mol. The Morgan fingerprint density at radius 3 is 2.57 bits per heavy atom. The van der Waals surface area contributed by atoms with Crippen LogP contribution in [-0.2, 0) is 6.42 Å². The predicted octanol–water partition coefficient (Wildman–Crippen LogP) is 3.43. The van der Waals surface area contributed by atoms with Crippen LogP contribution in [0.4, 0.5) is 8.78 Å². The van der Waals surface area contributed by atoms with Gasteiger partial charge in [0.25, 0.3) is 0 Å². The molecule has 21 heavy (non-hydrogen) atoms. The Bertz CT molecular complexity index is 615. The standard InChI is InChI=1S/C14H17ClF2N4/c1-4-11(18-3)13-12(5-2)21(20-19-13)14-9(15)6-8(16)7-10(14)17/h6-7,11,18H,4-5H2,1-3H3. The van der Waals surface area contributed by atoms with E-state index in [4.69, 9.17) is 11.6 Å². The average Bonchev–Trinajstić information content (AvgIpc) is 2.83. The van der Waals surface area contributed by atoms with Crippen molar-refractivity contribution in [1.82, 2.24) is 20.3 Å². The van der Waals surface area contributed by atoms with Gasteiger partial charge in [-0.15, -0.1) is 5.10 Å². The summed E-state index contributed by atoms with van der Waals surface area (Å²) in [7, 11) is 1.83. The molecule has 0 aliphatic heterocycles. The zero-order chi connectivity index (χ0) is 15.6. The molecule has 0 aliphatic carbocycles. The van der Waals surface area contributed by atoms with E-state index in [0.29, 0.717) is 6.42 Å². The molecule has 0 spiro atoms. The van der Waals surface area contributed by atoms with Crippen molar-refractivity contribution in [2.45, 2.75) is 32.7 Å². The Balaban J connectivity index is 2.61. The van der Waals surface area contributed by atoms with Crippen molar-refractivity contribution in [2.75, 3.05) is 7.05 Å². The molecule has 0 fully saturated rings. The molecule has 7 heteroatoms. The third-order valence-electron chi connectivity index (χ3n) is 3.41. The van der Waals surface area contributed by atoms with Crippen molar-refractivity contribution in [3.05, 3.63) is 40.2 Å². The molecule has 0 saturated carbocycles. The van der Waals surface area contributed by atoms with Crippen LogP contribution in [0.1, 0.15) is 37.7 Å². The molecule has 0 saturated heterocycles. The van der Waals surface area contributed by atoms with Gasteiger partial charge in [0.05, 0.1) is 16.8 Å². The lowest BCUT2D eigenvalue weighted by Crippen LogP contribution is -2.17. The van der Waals surface area contributed by atoms with E-state index < -0.39 is 11.6 Å². The van der Waals surface area contributed by atoms with Crippen molar-refractivity contribution in [3.63, 3.8) is 0 Å². The minimum atomic E-state index is -0.761. The van der Waals surface area contributed by atoms with E-state index in [-0.39, 0.29) is 16.8 Å². The summed E-state index contributed by atoms with van der Waals surface area (Å²) in [6, 6.07) is 1.88. The summed E-state index contributed by atoms with van der Waals surface area (Å²) >= 11 is 5.97. The lowest BCUT2D eigenvalue weighted by molar-refractivity contribution is 0.555. The first-order valence-corrected chi connectivity index (χ1v) is 7.17. The fourth-order valence-electron chi connectivity index (χ4n) is 2.37. The molecular weight excluding hydrogens is 298 g/mol. The van der Waals surface area contributed by atoms with Crippen LogP contribution in [0.15, 0.2) is 12.1 Å². The molecule has 114 valence electrons. The molecule has 1 N–H and O–H groups in total. The molecule has 1 aromatic carbocycles. The van der Waals surface area contributed by atoms with Crippen LogP contribution >= 0.6 is 11.6 Å². The van der Waals surface area contributed by atoms with Gasteiger partial charge in [-0.3, -0.25) is 0 Å². The highest BCUT2D eigenvalue weighted by atomic mass is 35.5. The second-order valence-corrected chi connectivity index (χ2v) is 5.06. The minimum absolute atomic E-state index is 0.0241. The number of halogens is 3. The van der Waals surface area contributed by atoms with Gasteiger partial charge in [0, 0.05) is 6.07 Å². The van der Waals surface area contributed by atoms with E-state index in [1.807, 2.05) is 20.9 Å². The van der Waals surface area contributed by atoms with E-state index in [9.17, 15) is 8.78 Å². The zero-order valence-electron chi connectivity index (χ0n) is 12.1. The Kier molecular flexibility index (Phi) is 4.90. The Labute approximate surface area is 127 Å². The monoisotopic (exact) mass is 314 g/mol. The summed E-state index contributed by atoms with van der Waals surface area (Å²) in [4.78, 5) is 0. The molecule has 2 aromatic rings. The minimum Gasteiger partial charge on any atom is -0.312 e. The zero-order valence-corrected chi connectivity index (χ0v) is 12.9. The number of benzene rings is 1. The van der Waals surface area contributed by atoms with E-state index >= 15 is 0 Å². The van der Waals surface area contributed by atoms with Crippen LogP contribution in [0, 0.1) is 11.6 Å². The number of hydrogen-bond acceptors (Lipinski definition) is 3. The van der Waals surface area contributed by atoms with Crippen molar-refractivity contribution >= 4 is 11.6 Å². The lowest BCUT2D eigenvalue weighted by Gasteiger charge is -2.14. The second kappa shape index (κ2) is 6.49.